The molecule has 1 N–H and O–H groups in total. The standard InChI is InChI=1S/C10H15N3/c1-7(2)8-3-4-12-10-9(8)11-5-6-13-10/h5-8H,3-4H2,1-2H3,(H,12,13). The van der Waals surface area contributed by atoms with Gasteiger partial charge < -0.3 is 5.32 Å². The topological polar surface area (TPSA) is 37.8 Å². The van der Waals surface area contributed by atoms with Gasteiger partial charge in [0.05, 0.1) is 5.69 Å². The van der Waals surface area contributed by atoms with Crippen LogP contribution in [-0.2, 0) is 0 Å². The van der Waals surface area contributed by atoms with Crippen molar-refractivity contribution in [2.24, 2.45) is 5.92 Å². The molecular formula is C10H15N3. The summed E-state index contributed by atoms with van der Waals surface area (Å²) in [6.45, 7) is 5.51. The fraction of sp³-hybridized carbons (Fsp3) is 0.600. The molecule has 2 heterocycles. The Hall–Kier alpha value is -1.12. The first-order valence-electron chi connectivity index (χ1n) is 4.84. The van der Waals surface area contributed by atoms with Gasteiger partial charge in [-0.1, -0.05) is 13.8 Å². The first-order chi connectivity index (χ1) is 6.29. The molecule has 1 atom stereocenters. The summed E-state index contributed by atoms with van der Waals surface area (Å²) in [5.74, 6) is 2.20. The molecule has 1 aromatic rings. The van der Waals surface area contributed by atoms with Crippen molar-refractivity contribution in [1.82, 2.24) is 9.97 Å². The highest BCUT2D eigenvalue weighted by molar-refractivity contribution is 5.44. The maximum absolute atomic E-state index is 4.40. The van der Waals surface area contributed by atoms with Gasteiger partial charge in [0.1, 0.15) is 5.82 Å². The number of rotatable bonds is 1. The Labute approximate surface area is 78.6 Å². The van der Waals surface area contributed by atoms with Gasteiger partial charge in [-0.2, -0.15) is 0 Å². The fourth-order valence-corrected chi connectivity index (χ4v) is 1.89. The molecule has 3 heteroatoms. The molecule has 13 heavy (non-hydrogen) atoms. The molecule has 0 aliphatic carbocycles. The maximum Gasteiger partial charge on any atom is 0.148 e. The molecule has 0 bridgehead atoms. The van der Waals surface area contributed by atoms with E-state index < -0.39 is 0 Å². The molecule has 70 valence electrons. The average molecular weight is 177 g/mol. The van der Waals surface area contributed by atoms with Gasteiger partial charge in [0.2, 0.25) is 0 Å². The normalized spacial score (nSPS) is 21.0. The van der Waals surface area contributed by atoms with Crippen LogP contribution in [0.15, 0.2) is 12.4 Å². The van der Waals surface area contributed by atoms with Gasteiger partial charge in [-0.3, -0.25) is 4.98 Å². The first-order valence-corrected chi connectivity index (χ1v) is 4.84. The van der Waals surface area contributed by atoms with E-state index in [-0.39, 0.29) is 0 Å². The van der Waals surface area contributed by atoms with Crippen molar-refractivity contribution in [2.45, 2.75) is 26.2 Å². The molecule has 0 saturated carbocycles. The predicted molar refractivity (Wildman–Crippen MR) is 52.7 cm³/mol. The number of anilines is 1. The molecule has 0 spiro atoms. The van der Waals surface area contributed by atoms with E-state index in [9.17, 15) is 0 Å². The van der Waals surface area contributed by atoms with Crippen molar-refractivity contribution in [1.29, 1.82) is 0 Å². The van der Waals surface area contributed by atoms with E-state index in [1.54, 1.807) is 12.4 Å². The Morgan fingerprint density at radius 2 is 2.15 bits per heavy atom. The van der Waals surface area contributed by atoms with Crippen molar-refractivity contribution in [3.8, 4) is 0 Å². The second kappa shape index (κ2) is 3.32. The largest absolute Gasteiger partial charge is 0.369 e. The minimum Gasteiger partial charge on any atom is -0.369 e. The summed E-state index contributed by atoms with van der Waals surface area (Å²) >= 11 is 0. The number of hydrogen-bond donors (Lipinski definition) is 1. The van der Waals surface area contributed by atoms with Crippen LogP contribution in [-0.4, -0.2) is 16.5 Å². The molecule has 2 rings (SSSR count). The zero-order valence-corrected chi connectivity index (χ0v) is 8.12. The van der Waals surface area contributed by atoms with Crippen LogP contribution < -0.4 is 5.32 Å². The van der Waals surface area contributed by atoms with Crippen LogP contribution in [0.3, 0.4) is 0 Å². The number of aromatic nitrogens is 2. The van der Waals surface area contributed by atoms with Crippen molar-refractivity contribution >= 4 is 5.82 Å². The van der Waals surface area contributed by atoms with Crippen LogP contribution in [0.4, 0.5) is 5.82 Å². The molecule has 0 aromatic carbocycles. The van der Waals surface area contributed by atoms with Crippen LogP contribution in [0.5, 0.6) is 0 Å². The Kier molecular flexibility index (Phi) is 2.17. The van der Waals surface area contributed by atoms with Crippen molar-refractivity contribution in [3.05, 3.63) is 18.1 Å². The Bertz CT molecular complexity index is 296. The summed E-state index contributed by atoms with van der Waals surface area (Å²) in [7, 11) is 0. The molecule has 3 nitrogen and oxygen atoms in total. The van der Waals surface area contributed by atoms with Gasteiger partial charge in [0, 0.05) is 24.9 Å². The Morgan fingerprint density at radius 3 is 2.92 bits per heavy atom. The predicted octanol–water partition coefficient (Wildman–Crippen LogP) is 2.03. The molecule has 1 aliphatic heterocycles. The first kappa shape index (κ1) is 8.48. The summed E-state index contributed by atoms with van der Waals surface area (Å²) in [4.78, 5) is 8.68. The lowest BCUT2D eigenvalue weighted by molar-refractivity contribution is 0.457. The maximum atomic E-state index is 4.40. The molecule has 0 amide bonds. The van der Waals surface area contributed by atoms with Crippen LogP contribution in [0, 0.1) is 5.92 Å². The lowest BCUT2D eigenvalue weighted by Gasteiger charge is -2.27. The Morgan fingerprint density at radius 1 is 1.38 bits per heavy atom. The van der Waals surface area contributed by atoms with E-state index in [0.29, 0.717) is 11.8 Å². The number of nitrogens with zero attached hydrogens (tertiary/aromatic N) is 2. The van der Waals surface area contributed by atoms with Crippen LogP contribution in [0.1, 0.15) is 31.9 Å². The Balaban J connectivity index is 2.37. The molecule has 0 saturated heterocycles. The molecule has 1 aliphatic rings. The van der Waals surface area contributed by atoms with Gasteiger partial charge >= 0.3 is 0 Å². The highest BCUT2D eigenvalue weighted by atomic mass is 15.0. The van der Waals surface area contributed by atoms with Crippen LogP contribution in [0.2, 0.25) is 0 Å². The number of nitrogens with one attached hydrogen (secondary N) is 1. The van der Waals surface area contributed by atoms with E-state index in [2.05, 4.69) is 29.1 Å². The van der Waals surface area contributed by atoms with Gasteiger partial charge in [-0.25, -0.2) is 4.98 Å². The van der Waals surface area contributed by atoms with Gasteiger partial charge in [0.15, 0.2) is 0 Å². The number of hydrogen-bond acceptors (Lipinski definition) is 3. The van der Waals surface area contributed by atoms with Gasteiger partial charge in [-0.15, -0.1) is 0 Å². The SMILES string of the molecule is CC(C)C1CCNc2nccnc21. The minimum atomic E-state index is 0.574. The van der Waals surface area contributed by atoms with Gasteiger partial charge in [-0.05, 0) is 12.3 Å². The van der Waals surface area contributed by atoms with E-state index in [1.165, 1.54) is 6.42 Å². The second-order valence-corrected chi connectivity index (χ2v) is 3.86. The van der Waals surface area contributed by atoms with Crippen LogP contribution >= 0.6 is 0 Å². The van der Waals surface area contributed by atoms with Gasteiger partial charge in [0.25, 0.3) is 0 Å². The minimum absolute atomic E-state index is 0.574. The summed E-state index contributed by atoms with van der Waals surface area (Å²) in [5, 5.41) is 3.27. The van der Waals surface area contributed by atoms with E-state index >= 15 is 0 Å². The highest BCUT2D eigenvalue weighted by Gasteiger charge is 2.24. The lowest BCUT2D eigenvalue weighted by atomic mass is 9.87. The third-order valence-electron chi connectivity index (χ3n) is 2.63. The molecule has 0 radical (unpaired) electrons. The molecule has 1 unspecified atom stereocenters. The quantitative estimate of drug-likeness (QED) is 0.713. The van der Waals surface area contributed by atoms with E-state index in [0.717, 1.165) is 18.1 Å². The summed E-state index contributed by atoms with van der Waals surface area (Å²) in [5.41, 5.74) is 1.14. The van der Waals surface area contributed by atoms with Crippen LogP contribution in [0.25, 0.3) is 0 Å². The zero-order valence-electron chi connectivity index (χ0n) is 8.12. The average Bonchev–Trinajstić information content (AvgIpc) is 2.17. The molecule has 0 fully saturated rings. The second-order valence-electron chi connectivity index (χ2n) is 3.86. The number of fused-ring (bicyclic) bond motifs is 1. The highest BCUT2D eigenvalue weighted by Crippen LogP contribution is 2.33. The lowest BCUT2D eigenvalue weighted by Crippen LogP contribution is -2.22. The third-order valence-corrected chi connectivity index (χ3v) is 2.63. The van der Waals surface area contributed by atoms with Crippen molar-refractivity contribution < 1.29 is 0 Å². The summed E-state index contributed by atoms with van der Waals surface area (Å²) in [6.07, 6.45) is 4.69. The smallest absolute Gasteiger partial charge is 0.148 e. The van der Waals surface area contributed by atoms with E-state index in [1.807, 2.05) is 0 Å². The summed E-state index contributed by atoms with van der Waals surface area (Å²) < 4.78 is 0. The zero-order chi connectivity index (χ0) is 9.26. The third kappa shape index (κ3) is 1.50. The fourth-order valence-electron chi connectivity index (χ4n) is 1.89. The van der Waals surface area contributed by atoms with Crippen molar-refractivity contribution in [3.63, 3.8) is 0 Å². The summed E-state index contributed by atoms with van der Waals surface area (Å²) in [6, 6.07) is 0. The monoisotopic (exact) mass is 177 g/mol. The molecule has 1 aromatic heterocycles. The van der Waals surface area contributed by atoms with E-state index in [4.69, 9.17) is 0 Å². The molecular weight excluding hydrogens is 162 g/mol. The van der Waals surface area contributed by atoms with Crippen molar-refractivity contribution in [2.75, 3.05) is 11.9 Å².